The van der Waals surface area contributed by atoms with Crippen LogP contribution in [-0.4, -0.2) is 29.1 Å². The van der Waals surface area contributed by atoms with Gasteiger partial charge in [0.2, 0.25) is 0 Å². The lowest BCUT2D eigenvalue weighted by Crippen LogP contribution is -2.35. The van der Waals surface area contributed by atoms with Gasteiger partial charge in [0, 0.05) is 11.2 Å². The van der Waals surface area contributed by atoms with Gasteiger partial charge in [0.1, 0.15) is 6.04 Å². The Morgan fingerprint density at radius 3 is 2.88 bits per heavy atom. The van der Waals surface area contributed by atoms with Crippen LogP contribution >= 0.6 is 11.3 Å². The Balaban J connectivity index is 2.21. The summed E-state index contributed by atoms with van der Waals surface area (Å²) in [6.07, 6.45) is 0. The summed E-state index contributed by atoms with van der Waals surface area (Å²) in [6.45, 7) is 2.37. The molecule has 90 valence electrons. The van der Waals surface area contributed by atoms with E-state index in [-0.39, 0.29) is 0 Å². The summed E-state index contributed by atoms with van der Waals surface area (Å²) in [5, 5.41) is 12.3. The molecule has 17 heavy (non-hydrogen) atoms. The summed E-state index contributed by atoms with van der Waals surface area (Å²) < 4.78 is 1.25. The van der Waals surface area contributed by atoms with Crippen LogP contribution in [-0.2, 0) is 11.3 Å². The molecule has 0 saturated carbocycles. The molecule has 1 aromatic heterocycles. The first-order chi connectivity index (χ1) is 8.09. The Kier molecular flexibility index (Phi) is 3.45. The van der Waals surface area contributed by atoms with Gasteiger partial charge in [-0.25, -0.2) is 0 Å². The van der Waals surface area contributed by atoms with Crippen LogP contribution in [0, 0.1) is 0 Å². The SMILES string of the molecule is CC(C(=O)O)N(C)Cc1csc2ccccc12. The van der Waals surface area contributed by atoms with E-state index in [4.69, 9.17) is 5.11 Å². The van der Waals surface area contributed by atoms with E-state index >= 15 is 0 Å². The largest absolute Gasteiger partial charge is 0.480 e. The number of likely N-dealkylation sites (N-methyl/N-ethyl adjacent to an activating group) is 1. The molecule has 0 bridgehead atoms. The number of hydrogen-bond acceptors (Lipinski definition) is 3. The molecule has 0 spiro atoms. The molecule has 1 aromatic carbocycles. The normalized spacial score (nSPS) is 13.1. The van der Waals surface area contributed by atoms with Crippen molar-refractivity contribution in [3.8, 4) is 0 Å². The minimum absolute atomic E-state index is 0.464. The zero-order valence-electron chi connectivity index (χ0n) is 9.88. The molecule has 1 heterocycles. The van der Waals surface area contributed by atoms with E-state index in [1.54, 1.807) is 18.3 Å². The van der Waals surface area contributed by atoms with Gasteiger partial charge in [0.15, 0.2) is 0 Å². The molecule has 0 fully saturated rings. The maximum atomic E-state index is 10.9. The number of carbonyl (C=O) groups is 1. The molecule has 0 radical (unpaired) electrons. The van der Waals surface area contributed by atoms with Crippen LogP contribution in [0.25, 0.3) is 10.1 Å². The lowest BCUT2D eigenvalue weighted by atomic mass is 10.1. The van der Waals surface area contributed by atoms with Gasteiger partial charge >= 0.3 is 5.97 Å². The van der Waals surface area contributed by atoms with Crippen molar-refractivity contribution >= 4 is 27.4 Å². The molecule has 0 aliphatic carbocycles. The number of hydrogen-bond donors (Lipinski definition) is 1. The molecule has 0 aliphatic heterocycles. The standard InChI is InChI=1S/C13H15NO2S/c1-9(13(15)16)14(2)7-10-8-17-12-6-4-3-5-11(10)12/h3-6,8-9H,7H2,1-2H3,(H,15,16). The highest BCUT2D eigenvalue weighted by Crippen LogP contribution is 2.26. The Labute approximate surface area is 104 Å². The summed E-state index contributed by atoms with van der Waals surface area (Å²) in [7, 11) is 1.84. The third-order valence-corrected chi connectivity index (χ3v) is 4.01. The highest BCUT2D eigenvalue weighted by molar-refractivity contribution is 7.17. The third kappa shape index (κ3) is 2.48. The summed E-state index contributed by atoms with van der Waals surface area (Å²) >= 11 is 1.70. The number of carboxylic acid groups (broad SMARTS) is 1. The van der Waals surface area contributed by atoms with Crippen LogP contribution in [0.2, 0.25) is 0 Å². The van der Waals surface area contributed by atoms with E-state index in [1.165, 1.54) is 15.6 Å². The Morgan fingerprint density at radius 2 is 2.18 bits per heavy atom. The summed E-state index contributed by atoms with van der Waals surface area (Å²) in [5.74, 6) is -0.785. The number of carboxylic acids is 1. The number of benzene rings is 1. The average Bonchev–Trinajstić information content (AvgIpc) is 2.71. The lowest BCUT2D eigenvalue weighted by Gasteiger charge is -2.20. The predicted octanol–water partition coefficient (Wildman–Crippen LogP) is 2.81. The second-order valence-corrected chi connectivity index (χ2v) is 5.10. The van der Waals surface area contributed by atoms with Crippen LogP contribution < -0.4 is 0 Å². The molecular formula is C13H15NO2S. The fourth-order valence-corrected chi connectivity index (χ4v) is 2.70. The van der Waals surface area contributed by atoms with Gasteiger partial charge in [-0.1, -0.05) is 18.2 Å². The average molecular weight is 249 g/mol. The Bertz CT molecular complexity index is 535. The van der Waals surface area contributed by atoms with E-state index in [0.717, 1.165) is 0 Å². The Morgan fingerprint density at radius 1 is 1.47 bits per heavy atom. The van der Waals surface area contributed by atoms with Crippen molar-refractivity contribution in [1.82, 2.24) is 4.90 Å². The molecule has 3 nitrogen and oxygen atoms in total. The van der Waals surface area contributed by atoms with Crippen LogP contribution in [0.4, 0.5) is 0 Å². The highest BCUT2D eigenvalue weighted by Gasteiger charge is 2.17. The smallest absolute Gasteiger partial charge is 0.320 e. The maximum absolute atomic E-state index is 10.9. The van der Waals surface area contributed by atoms with Crippen molar-refractivity contribution in [3.63, 3.8) is 0 Å². The number of thiophene rings is 1. The van der Waals surface area contributed by atoms with E-state index < -0.39 is 12.0 Å². The molecule has 0 saturated heterocycles. The first-order valence-electron chi connectivity index (χ1n) is 5.47. The van der Waals surface area contributed by atoms with Crippen molar-refractivity contribution in [1.29, 1.82) is 0 Å². The van der Waals surface area contributed by atoms with Gasteiger partial charge < -0.3 is 5.11 Å². The summed E-state index contributed by atoms with van der Waals surface area (Å²) in [4.78, 5) is 12.7. The molecule has 2 rings (SSSR count). The van der Waals surface area contributed by atoms with Crippen molar-refractivity contribution in [2.45, 2.75) is 19.5 Å². The lowest BCUT2D eigenvalue weighted by molar-refractivity contribution is -0.142. The Hall–Kier alpha value is -1.39. The zero-order chi connectivity index (χ0) is 12.4. The van der Waals surface area contributed by atoms with Gasteiger partial charge in [-0.15, -0.1) is 11.3 Å². The maximum Gasteiger partial charge on any atom is 0.320 e. The number of nitrogens with zero attached hydrogens (tertiary/aromatic N) is 1. The van der Waals surface area contributed by atoms with Crippen molar-refractivity contribution in [2.75, 3.05) is 7.05 Å². The molecule has 0 aliphatic rings. The molecule has 1 atom stereocenters. The third-order valence-electron chi connectivity index (χ3n) is 3.00. The molecule has 1 unspecified atom stereocenters. The van der Waals surface area contributed by atoms with E-state index in [2.05, 4.69) is 17.5 Å². The van der Waals surface area contributed by atoms with Crippen molar-refractivity contribution in [2.24, 2.45) is 0 Å². The van der Waals surface area contributed by atoms with Crippen LogP contribution in [0.5, 0.6) is 0 Å². The van der Waals surface area contributed by atoms with E-state index in [0.29, 0.717) is 6.54 Å². The number of rotatable bonds is 4. The molecule has 0 amide bonds. The monoisotopic (exact) mass is 249 g/mol. The molecular weight excluding hydrogens is 234 g/mol. The van der Waals surface area contributed by atoms with Crippen LogP contribution in [0.3, 0.4) is 0 Å². The molecule has 1 N–H and O–H groups in total. The topological polar surface area (TPSA) is 40.5 Å². The second kappa shape index (κ2) is 4.85. The van der Waals surface area contributed by atoms with Crippen molar-refractivity contribution in [3.05, 3.63) is 35.2 Å². The molecule has 4 heteroatoms. The van der Waals surface area contributed by atoms with Gasteiger partial charge in [-0.3, -0.25) is 9.69 Å². The minimum atomic E-state index is -0.785. The zero-order valence-corrected chi connectivity index (χ0v) is 10.7. The number of aliphatic carboxylic acids is 1. The van der Waals surface area contributed by atoms with Gasteiger partial charge in [0.05, 0.1) is 0 Å². The van der Waals surface area contributed by atoms with Crippen LogP contribution in [0.15, 0.2) is 29.6 Å². The van der Waals surface area contributed by atoms with E-state index in [1.807, 2.05) is 24.1 Å². The van der Waals surface area contributed by atoms with Gasteiger partial charge in [-0.2, -0.15) is 0 Å². The summed E-state index contributed by atoms with van der Waals surface area (Å²) in [6, 6.07) is 7.74. The first kappa shape index (κ1) is 12.1. The van der Waals surface area contributed by atoms with Crippen LogP contribution in [0.1, 0.15) is 12.5 Å². The van der Waals surface area contributed by atoms with Gasteiger partial charge in [0.25, 0.3) is 0 Å². The first-order valence-corrected chi connectivity index (χ1v) is 6.35. The summed E-state index contributed by atoms with van der Waals surface area (Å²) in [5.41, 5.74) is 1.20. The van der Waals surface area contributed by atoms with Gasteiger partial charge in [-0.05, 0) is 36.4 Å². The quantitative estimate of drug-likeness (QED) is 0.905. The predicted molar refractivity (Wildman–Crippen MR) is 70.4 cm³/mol. The minimum Gasteiger partial charge on any atom is -0.480 e. The number of fused-ring (bicyclic) bond motifs is 1. The van der Waals surface area contributed by atoms with Crippen molar-refractivity contribution < 1.29 is 9.90 Å². The fourth-order valence-electron chi connectivity index (χ4n) is 1.75. The molecule has 2 aromatic rings. The highest BCUT2D eigenvalue weighted by atomic mass is 32.1. The second-order valence-electron chi connectivity index (χ2n) is 4.19. The van der Waals surface area contributed by atoms with E-state index in [9.17, 15) is 4.79 Å². The fraction of sp³-hybridized carbons (Fsp3) is 0.308.